The first-order chi connectivity index (χ1) is 9.22. The van der Waals surface area contributed by atoms with Crippen LogP contribution in [0.25, 0.3) is 0 Å². The molecule has 0 saturated heterocycles. The Morgan fingerprint density at radius 1 is 1.37 bits per heavy atom. The largest absolute Gasteiger partial charge is 0.497 e. The van der Waals surface area contributed by atoms with E-state index < -0.39 is 0 Å². The maximum Gasteiger partial charge on any atom is 0.127 e. The molecule has 2 rings (SSSR count). The molecule has 0 atom stereocenters. The van der Waals surface area contributed by atoms with Gasteiger partial charge in [0.05, 0.1) is 12.8 Å². The maximum atomic E-state index is 13.6. The number of benzene rings is 1. The zero-order valence-corrected chi connectivity index (χ0v) is 11.9. The highest BCUT2D eigenvalue weighted by Crippen LogP contribution is 2.16. The minimum absolute atomic E-state index is 0.221. The Morgan fingerprint density at radius 2 is 2.21 bits per heavy atom. The van der Waals surface area contributed by atoms with Gasteiger partial charge in [-0.05, 0) is 24.6 Å². The smallest absolute Gasteiger partial charge is 0.127 e. The summed E-state index contributed by atoms with van der Waals surface area (Å²) in [7, 11) is 1.58. The van der Waals surface area contributed by atoms with Crippen molar-refractivity contribution in [1.82, 2.24) is 10.3 Å². The third-order valence-electron chi connectivity index (χ3n) is 2.81. The number of nitrogens with one attached hydrogen (secondary N) is 1. The number of aromatic nitrogens is 1. The molecule has 1 heterocycles. The normalized spacial score (nSPS) is 10.7. The molecule has 0 bridgehead atoms. The van der Waals surface area contributed by atoms with Crippen LogP contribution in [0.15, 0.2) is 23.6 Å². The molecule has 5 heteroatoms. The summed E-state index contributed by atoms with van der Waals surface area (Å²) in [6.07, 6.45) is 0.945. The Bertz CT molecular complexity index is 542. The van der Waals surface area contributed by atoms with Crippen molar-refractivity contribution >= 4 is 11.3 Å². The fourth-order valence-corrected chi connectivity index (χ4v) is 2.56. The van der Waals surface area contributed by atoms with Crippen molar-refractivity contribution in [3.63, 3.8) is 0 Å². The first kappa shape index (κ1) is 14.0. The molecule has 0 aliphatic carbocycles. The molecule has 1 N–H and O–H groups in total. The van der Waals surface area contributed by atoms with E-state index in [0.29, 0.717) is 24.4 Å². The van der Waals surface area contributed by atoms with Crippen molar-refractivity contribution in [1.29, 1.82) is 0 Å². The highest BCUT2D eigenvalue weighted by atomic mass is 32.1. The van der Waals surface area contributed by atoms with Crippen molar-refractivity contribution in [3.8, 4) is 5.75 Å². The van der Waals surface area contributed by atoms with Crippen molar-refractivity contribution in [2.75, 3.05) is 7.11 Å². The van der Waals surface area contributed by atoms with Gasteiger partial charge in [0.15, 0.2) is 0 Å². The molecule has 2 aromatic rings. The summed E-state index contributed by atoms with van der Waals surface area (Å²) in [4.78, 5) is 4.45. The second kappa shape index (κ2) is 6.63. The number of ether oxygens (including phenoxy) is 1. The molecule has 0 saturated carbocycles. The van der Waals surface area contributed by atoms with Crippen LogP contribution in [-0.4, -0.2) is 12.1 Å². The zero-order valence-electron chi connectivity index (χ0n) is 11.1. The summed E-state index contributed by atoms with van der Waals surface area (Å²) >= 11 is 1.63. The van der Waals surface area contributed by atoms with E-state index in [1.54, 1.807) is 30.6 Å². The second-order valence-electron chi connectivity index (χ2n) is 4.15. The van der Waals surface area contributed by atoms with Crippen LogP contribution in [0, 0.1) is 5.82 Å². The van der Waals surface area contributed by atoms with E-state index in [4.69, 9.17) is 4.74 Å². The average Bonchev–Trinajstić information content (AvgIpc) is 2.89. The predicted octanol–water partition coefficient (Wildman–Crippen LogP) is 3.14. The second-order valence-corrected chi connectivity index (χ2v) is 5.09. The van der Waals surface area contributed by atoms with Gasteiger partial charge in [-0.3, -0.25) is 0 Å². The molecule has 0 amide bonds. The number of hydrogen-bond acceptors (Lipinski definition) is 4. The molecule has 19 heavy (non-hydrogen) atoms. The van der Waals surface area contributed by atoms with E-state index in [0.717, 1.165) is 17.1 Å². The van der Waals surface area contributed by atoms with Gasteiger partial charge in [0.1, 0.15) is 16.6 Å². The molecule has 0 spiro atoms. The minimum atomic E-state index is -0.221. The Labute approximate surface area is 116 Å². The number of hydrogen-bond donors (Lipinski definition) is 1. The Kier molecular flexibility index (Phi) is 4.87. The van der Waals surface area contributed by atoms with Gasteiger partial charge in [0, 0.05) is 24.0 Å². The van der Waals surface area contributed by atoms with Crippen LogP contribution >= 0.6 is 11.3 Å². The van der Waals surface area contributed by atoms with Gasteiger partial charge >= 0.3 is 0 Å². The van der Waals surface area contributed by atoms with Gasteiger partial charge in [0.2, 0.25) is 0 Å². The third kappa shape index (κ3) is 3.75. The summed E-state index contributed by atoms with van der Waals surface area (Å²) in [5.74, 6) is 0.447. The van der Waals surface area contributed by atoms with Crippen molar-refractivity contribution < 1.29 is 9.13 Å². The van der Waals surface area contributed by atoms with Crippen LogP contribution in [0.3, 0.4) is 0 Å². The maximum absolute atomic E-state index is 13.6. The molecule has 0 unspecified atom stereocenters. The fraction of sp³-hybridized carbons (Fsp3) is 0.357. The molecule has 1 aromatic carbocycles. The molecule has 3 nitrogen and oxygen atoms in total. The zero-order chi connectivity index (χ0) is 13.7. The number of rotatable bonds is 6. The van der Waals surface area contributed by atoms with Gasteiger partial charge in [-0.25, -0.2) is 9.37 Å². The lowest BCUT2D eigenvalue weighted by Gasteiger charge is -2.07. The molecular formula is C14H17FN2OS. The highest BCUT2D eigenvalue weighted by molar-refractivity contribution is 7.09. The van der Waals surface area contributed by atoms with Gasteiger partial charge in [-0.15, -0.1) is 11.3 Å². The molecule has 0 radical (unpaired) electrons. The molecular weight excluding hydrogens is 263 g/mol. The average molecular weight is 280 g/mol. The van der Waals surface area contributed by atoms with Crippen LogP contribution in [0.5, 0.6) is 5.75 Å². The topological polar surface area (TPSA) is 34.1 Å². The highest BCUT2D eigenvalue weighted by Gasteiger charge is 2.05. The van der Waals surface area contributed by atoms with Crippen LogP contribution in [-0.2, 0) is 19.5 Å². The van der Waals surface area contributed by atoms with E-state index >= 15 is 0 Å². The lowest BCUT2D eigenvalue weighted by Crippen LogP contribution is -2.13. The number of methoxy groups -OCH3 is 1. The summed E-state index contributed by atoms with van der Waals surface area (Å²) < 4.78 is 18.7. The van der Waals surface area contributed by atoms with Crippen LogP contribution < -0.4 is 10.1 Å². The van der Waals surface area contributed by atoms with E-state index in [9.17, 15) is 4.39 Å². The molecule has 1 aromatic heterocycles. The predicted molar refractivity (Wildman–Crippen MR) is 75.0 cm³/mol. The van der Waals surface area contributed by atoms with E-state index in [2.05, 4.69) is 22.6 Å². The van der Waals surface area contributed by atoms with Gasteiger partial charge in [-0.1, -0.05) is 6.92 Å². The van der Waals surface area contributed by atoms with Crippen LogP contribution in [0.2, 0.25) is 0 Å². The number of halogens is 1. The lowest BCUT2D eigenvalue weighted by atomic mass is 10.2. The van der Waals surface area contributed by atoms with Crippen LogP contribution in [0.4, 0.5) is 4.39 Å². The van der Waals surface area contributed by atoms with Gasteiger partial charge in [-0.2, -0.15) is 0 Å². The van der Waals surface area contributed by atoms with Crippen molar-refractivity contribution in [2.24, 2.45) is 0 Å². The fourth-order valence-electron chi connectivity index (χ4n) is 1.71. The number of thiazole rings is 1. The minimum Gasteiger partial charge on any atom is -0.497 e. The third-order valence-corrected chi connectivity index (χ3v) is 3.70. The Hall–Kier alpha value is -1.46. The summed E-state index contributed by atoms with van der Waals surface area (Å²) in [6, 6.07) is 4.75. The number of nitrogens with zero attached hydrogens (tertiary/aromatic N) is 1. The van der Waals surface area contributed by atoms with Crippen molar-refractivity contribution in [2.45, 2.75) is 26.4 Å². The van der Waals surface area contributed by atoms with E-state index in [1.807, 2.05) is 0 Å². The van der Waals surface area contributed by atoms with Crippen molar-refractivity contribution in [3.05, 3.63) is 45.7 Å². The quantitative estimate of drug-likeness (QED) is 0.882. The molecule has 0 aliphatic heterocycles. The molecule has 0 fully saturated rings. The van der Waals surface area contributed by atoms with Crippen LogP contribution in [0.1, 0.15) is 23.2 Å². The summed E-state index contributed by atoms with van der Waals surface area (Å²) in [6.45, 7) is 3.20. The van der Waals surface area contributed by atoms with E-state index in [-0.39, 0.29) is 5.82 Å². The summed E-state index contributed by atoms with van der Waals surface area (Å²) in [5.41, 5.74) is 1.71. The first-order valence-corrected chi connectivity index (χ1v) is 7.07. The molecule has 102 valence electrons. The number of aryl methyl sites for hydroxylation is 1. The standard InChI is InChI=1S/C14H17FN2OS/c1-3-11-9-19-14(17-11)8-16-7-10-6-12(18-2)4-5-13(10)15/h4-6,9,16H,3,7-8H2,1-2H3. The Morgan fingerprint density at radius 3 is 2.89 bits per heavy atom. The monoisotopic (exact) mass is 280 g/mol. The van der Waals surface area contributed by atoms with Gasteiger partial charge in [0.25, 0.3) is 0 Å². The SMILES string of the molecule is CCc1csc(CNCc2cc(OC)ccc2F)n1. The first-order valence-electron chi connectivity index (χ1n) is 6.19. The lowest BCUT2D eigenvalue weighted by molar-refractivity contribution is 0.412. The summed E-state index contributed by atoms with van der Waals surface area (Å²) in [5, 5.41) is 6.29. The van der Waals surface area contributed by atoms with Gasteiger partial charge < -0.3 is 10.1 Å². The van der Waals surface area contributed by atoms with E-state index in [1.165, 1.54) is 6.07 Å². The Balaban J connectivity index is 1.91. The molecule has 0 aliphatic rings.